The Morgan fingerprint density at radius 3 is 2.88 bits per heavy atom. The number of aryl methyl sites for hydroxylation is 1. The molecule has 32 heavy (non-hydrogen) atoms. The number of nitrogens with one attached hydrogen (secondary N) is 1. The van der Waals surface area contributed by atoms with Crippen molar-refractivity contribution in [3.8, 4) is 17.1 Å². The average molecular weight is 477 g/mol. The zero-order chi connectivity index (χ0) is 22.8. The molecule has 2 atom stereocenters. The number of carbonyl (C=O) groups is 1. The summed E-state index contributed by atoms with van der Waals surface area (Å²) in [5.74, 6) is 0.303. The zero-order valence-corrected chi connectivity index (χ0v) is 18.3. The van der Waals surface area contributed by atoms with Gasteiger partial charge in [-0.05, 0) is 42.8 Å². The molecule has 2 aromatic carbocycles. The molecule has 0 spiro atoms. The lowest BCUT2D eigenvalue weighted by Gasteiger charge is -2.29. The molecule has 1 aromatic heterocycles. The number of nitrogens with zero attached hydrogens (tertiary/aromatic N) is 1. The van der Waals surface area contributed by atoms with Gasteiger partial charge < -0.3 is 19.6 Å². The summed E-state index contributed by atoms with van der Waals surface area (Å²) in [7, 11) is 0. The number of benzene rings is 2. The summed E-state index contributed by atoms with van der Waals surface area (Å²) in [5, 5.41) is 13.5. The highest BCUT2D eigenvalue weighted by Crippen LogP contribution is 2.36. The number of aliphatic hydroxyl groups excluding tert-OH is 1. The van der Waals surface area contributed by atoms with Crippen molar-refractivity contribution in [3.05, 3.63) is 82.2 Å². The highest BCUT2D eigenvalue weighted by atomic mass is 35.5. The number of allylic oxidation sites excluding steroid dienone is 1. The van der Waals surface area contributed by atoms with Gasteiger partial charge in [0.25, 0.3) is 5.91 Å². The Labute approximate surface area is 193 Å². The van der Waals surface area contributed by atoms with Crippen LogP contribution in [0.5, 0.6) is 5.75 Å². The van der Waals surface area contributed by atoms with Crippen LogP contribution in [0.4, 0.5) is 4.39 Å². The number of halogens is 3. The SMILES string of the molecule is C=C(CCc1ncc(-c2ccc(Cl)c(F)c2)o1)NC(=O)[C@H]1C[C@@H](O)c2cc(Cl)ccc2O1. The first-order chi connectivity index (χ1) is 15.3. The van der Waals surface area contributed by atoms with Gasteiger partial charge in [-0.2, -0.15) is 0 Å². The van der Waals surface area contributed by atoms with Gasteiger partial charge in [0.1, 0.15) is 11.6 Å². The third-order valence-corrected chi connectivity index (χ3v) is 5.57. The molecule has 1 aliphatic heterocycles. The Hall–Kier alpha value is -2.87. The fourth-order valence-electron chi connectivity index (χ4n) is 3.36. The predicted molar refractivity (Wildman–Crippen MR) is 118 cm³/mol. The molecule has 2 heterocycles. The van der Waals surface area contributed by atoms with Crippen LogP contribution >= 0.6 is 23.2 Å². The van der Waals surface area contributed by atoms with Crippen LogP contribution in [0, 0.1) is 5.82 Å². The number of carbonyl (C=O) groups excluding carboxylic acids is 1. The van der Waals surface area contributed by atoms with Gasteiger partial charge in [-0.15, -0.1) is 0 Å². The molecule has 0 aliphatic carbocycles. The normalized spacial score (nSPS) is 17.4. The first-order valence-corrected chi connectivity index (χ1v) is 10.6. The molecule has 0 unspecified atom stereocenters. The second kappa shape index (κ2) is 9.32. The molecule has 0 saturated carbocycles. The van der Waals surface area contributed by atoms with Crippen LogP contribution < -0.4 is 10.1 Å². The fourth-order valence-corrected chi connectivity index (χ4v) is 3.66. The van der Waals surface area contributed by atoms with Gasteiger partial charge in [-0.3, -0.25) is 4.79 Å². The zero-order valence-electron chi connectivity index (χ0n) is 16.8. The molecule has 1 aliphatic rings. The molecule has 0 fully saturated rings. The molecule has 0 radical (unpaired) electrons. The fraction of sp³-hybridized carbons (Fsp3) is 0.217. The van der Waals surface area contributed by atoms with Crippen molar-refractivity contribution in [3.63, 3.8) is 0 Å². The maximum atomic E-state index is 13.6. The second-order valence-electron chi connectivity index (χ2n) is 7.38. The molecular weight excluding hydrogens is 458 g/mol. The van der Waals surface area contributed by atoms with Crippen molar-refractivity contribution in [1.29, 1.82) is 0 Å². The smallest absolute Gasteiger partial charge is 0.265 e. The molecule has 2 N–H and O–H groups in total. The molecule has 1 amide bonds. The summed E-state index contributed by atoms with van der Waals surface area (Å²) >= 11 is 11.7. The van der Waals surface area contributed by atoms with E-state index in [9.17, 15) is 14.3 Å². The maximum Gasteiger partial charge on any atom is 0.265 e. The van der Waals surface area contributed by atoms with E-state index in [1.807, 2.05) is 0 Å². The minimum Gasteiger partial charge on any atom is -0.480 e. The maximum absolute atomic E-state index is 13.6. The van der Waals surface area contributed by atoms with Crippen molar-refractivity contribution in [1.82, 2.24) is 10.3 Å². The number of rotatable bonds is 6. The van der Waals surface area contributed by atoms with Crippen LogP contribution in [0.2, 0.25) is 10.0 Å². The van der Waals surface area contributed by atoms with E-state index < -0.39 is 23.9 Å². The number of hydrogen-bond acceptors (Lipinski definition) is 5. The van der Waals surface area contributed by atoms with Crippen LogP contribution in [-0.4, -0.2) is 22.1 Å². The number of hydrogen-bond donors (Lipinski definition) is 2. The summed E-state index contributed by atoms with van der Waals surface area (Å²) in [6.07, 6.45) is 0.647. The number of ether oxygens (including phenoxy) is 1. The van der Waals surface area contributed by atoms with Gasteiger partial charge in [0, 0.05) is 34.7 Å². The van der Waals surface area contributed by atoms with Crippen LogP contribution in [0.25, 0.3) is 11.3 Å². The highest BCUT2D eigenvalue weighted by molar-refractivity contribution is 6.31. The largest absolute Gasteiger partial charge is 0.480 e. The molecule has 0 bridgehead atoms. The molecule has 3 aromatic rings. The van der Waals surface area contributed by atoms with E-state index in [-0.39, 0.29) is 11.4 Å². The van der Waals surface area contributed by atoms with E-state index >= 15 is 0 Å². The van der Waals surface area contributed by atoms with Crippen molar-refractivity contribution < 1.29 is 23.4 Å². The number of amides is 1. The second-order valence-corrected chi connectivity index (χ2v) is 8.22. The summed E-state index contributed by atoms with van der Waals surface area (Å²) in [6.45, 7) is 3.86. The van der Waals surface area contributed by atoms with E-state index in [1.165, 1.54) is 18.3 Å². The summed E-state index contributed by atoms with van der Waals surface area (Å²) in [4.78, 5) is 16.8. The molecule has 9 heteroatoms. The van der Waals surface area contributed by atoms with Crippen molar-refractivity contribution >= 4 is 29.1 Å². The van der Waals surface area contributed by atoms with Crippen LogP contribution in [0.3, 0.4) is 0 Å². The van der Waals surface area contributed by atoms with Gasteiger partial charge in [0.05, 0.1) is 17.3 Å². The Morgan fingerprint density at radius 2 is 2.09 bits per heavy atom. The Kier molecular flexibility index (Phi) is 6.50. The highest BCUT2D eigenvalue weighted by Gasteiger charge is 2.32. The van der Waals surface area contributed by atoms with E-state index in [0.29, 0.717) is 52.1 Å². The van der Waals surface area contributed by atoms with E-state index in [1.54, 1.807) is 24.3 Å². The molecule has 166 valence electrons. The molecule has 4 rings (SSSR count). The number of oxazole rings is 1. The van der Waals surface area contributed by atoms with Gasteiger partial charge in [-0.25, -0.2) is 9.37 Å². The standard InChI is InChI=1S/C23H19Cl2FN2O4/c1-12(2-7-22-27-11-21(32-22)13-3-5-16(25)17(26)8-13)28-23(30)20-10-18(29)15-9-14(24)4-6-19(15)31-20/h3-6,8-9,11,18,20,29H,1-2,7,10H2,(H,28,30)/t18-,20-/m1/s1. The van der Waals surface area contributed by atoms with Gasteiger partial charge in [0.15, 0.2) is 17.8 Å². The number of aromatic nitrogens is 1. The lowest BCUT2D eigenvalue weighted by Crippen LogP contribution is -2.41. The van der Waals surface area contributed by atoms with Crippen LogP contribution in [-0.2, 0) is 11.2 Å². The lowest BCUT2D eigenvalue weighted by atomic mass is 9.98. The van der Waals surface area contributed by atoms with Crippen molar-refractivity contribution in [2.75, 3.05) is 0 Å². The minimum absolute atomic E-state index is 0.0299. The van der Waals surface area contributed by atoms with E-state index in [0.717, 1.165) is 0 Å². The summed E-state index contributed by atoms with van der Waals surface area (Å²) < 4.78 is 25.0. The topological polar surface area (TPSA) is 84.6 Å². The molecule has 0 saturated heterocycles. The Morgan fingerprint density at radius 1 is 1.28 bits per heavy atom. The van der Waals surface area contributed by atoms with E-state index in [4.69, 9.17) is 32.4 Å². The van der Waals surface area contributed by atoms with Gasteiger partial charge in [-0.1, -0.05) is 29.8 Å². The Balaban J connectivity index is 1.31. The van der Waals surface area contributed by atoms with Gasteiger partial charge in [0.2, 0.25) is 0 Å². The first-order valence-electron chi connectivity index (χ1n) is 9.83. The molecule has 6 nitrogen and oxygen atoms in total. The van der Waals surface area contributed by atoms with Crippen LogP contribution in [0.15, 0.2) is 59.3 Å². The quantitative estimate of drug-likeness (QED) is 0.508. The third-order valence-electron chi connectivity index (χ3n) is 5.03. The monoisotopic (exact) mass is 476 g/mol. The van der Waals surface area contributed by atoms with Crippen molar-refractivity contribution in [2.24, 2.45) is 0 Å². The number of aliphatic hydroxyl groups is 1. The average Bonchev–Trinajstić information content (AvgIpc) is 3.23. The third kappa shape index (κ3) is 4.96. The number of fused-ring (bicyclic) bond motifs is 1. The lowest BCUT2D eigenvalue weighted by molar-refractivity contribution is -0.129. The summed E-state index contributed by atoms with van der Waals surface area (Å²) in [6, 6.07) is 9.24. The Bertz CT molecular complexity index is 1180. The van der Waals surface area contributed by atoms with Crippen molar-refractivity contribution in [2.45, 2.75) is 31.5 Å². The van der Waals surface area contributed by atoms with Crippen LogP contribution in [0.1, 0.15) is 30.4 Å². The summed E-state index contributed by atoms with van der Waals surface area (Å²) in [5.41, 5.74) is 1.53. The van der Waals surface area contributed by atoms with Gasteiger partial charge >= 0.3 is 0 Å². The predicted octanol–water partition coefficient (Wildman–Crippen LogP) is 5.23. The minimum atomic E-state index is -0.858. The first kappa shape index (κ1) is 22.3. The molecular formula is C23H19Cl2FN2O4. The van der Waals surface area contributed by atoms with E-state index in [2.05, 4.69) is 16.9 Å².